The van der Waals surface area contributed by atoms with Crippen LogP contribution in [-0.4, -0.2) is 76.6 Å². The van der Waals surface area contributed by atoms with E-state index in [4.69, 9.17) is 9.47 Å². The van der Waals surface area contributed by atoms with E-state index in [1.807, 2.05) is 6.92 Å². The molecule has 0 unspecified atom stereocenters. The lowest BCUT2D eigenvalue weighted by atomic mass is 10.4. The van der Waals surface area contributed by atoms with Crippen LogP contribution < -0.4 is 10.6 Å². The molecule has 0 aliphatic carbocycles. The number of hydrogen-bond donors (Lipinski definition) is 2. The van der Waals surface area contributed by atoms with Crippen molar-refractivity contribution in [2.75, 3.05) is 65.7 Å². The summed E-state index contributed by atoms with van der Waals surface area (Å²) >= 11 is 0. The quantitative estimate of drug-likeness (QED) is 0.367. The molecule has 112 valence electrons. The SMILES string of the molecule is CCNC(=NCCN1CCOCC1)NCCOCC. The van der Waals surface area contributed by atoms with Crippen LogP contribution in [0.2, 0.25) is 0 Å². The van der Waals surface area contributed by atoms with Gasteiger partial charge in [-0.1, -0.05) is 0 Å². The molecule has 1 rings (SSSR count). The smallest absolute Gasteiger partial charge is 0.191 e. The number of ether oxygens (including phenoxy) is 2. The van der Waals surface area contributed by atoms with E-state index < -0.39 is 0 Å². The zero-order valence-corrected chi connectivity index (χ0v) is 12.3. The number of aliphatic imine (C=N–C) groups is 1. The first kappa shape index (κ1) is 16.2. The number of morpholine rings is 1. The molecule has 0 aromatic rings. The molecule has 0 spiro atoms. The maximum Gasteiger partial charge on any atom is 0.191 e. The fraction of sp³-hybridized carbons (Fsp3) is 0.923. The van der Waals surface area contributed by atoms with Crippen molar-refractivity contribution >= 4 is 5.96 Å². The minimum Gasteiger partial charge on any atom is -0.380 e. The number of nitrogens with zero attached hydrogens (tertiary/aromatic N) is 2. The predicted octanol–water partition coefficient (Wildman–Crippen LogP) is -0.0898. The van der Waals surface area contributed by atoms with Gasteiger partial charge < -0.3 is 20.1 Å². The third-order valence-electron chi connectivity index (χ3n) is 2.88. The van der Waals surface area contributed by atoms with E-state index in [9.17, 15) is 0 Å². The fourth-order valence-corrected chi connectivity index (χ4v) is 1.86. The highest BCUT2D eigenvalue weighted by atomic mass is 16.5. The summed E-state index contributed by atoms with van der Waals surface area (Å²) in [6.07, 6.45) is 0. The molecule has 0 saturated carbocycles. The molecular weight excluding hydrogens is 244 g/mol. The fourth-order valence-electron chi connectivity index (χ4n) is 1.86. The predicted molar refractivity (Wildman–Crippen MR) is 77.7 cm³/mol. The second-order valence-electron chi connectivity index (χ2n) is 4.34. The van der Waals surface area contributed by atoms with Crippen LogP contribution in [0.1, 0.15) is 13.8 Å². The van der Waals surface area contributed by atoms with Crippen molar-refractivity contribution in [3.63, 3.8) is 0 Å². The lowest BCUT2D eigenvalue weighted by Crippen LogP contribution is -2.41. The molecule has 0 amide bonds. The Morgan fingerprint density at radius 1 is 1.26 bits per heavy atom. The normalized spacial score (nSPS) is 17.5. The molecule has 1 heterocycles. The van der Waals surface area contributed by atoms with Crippen molar-refractivity contribution < 1.29 is 9.47 Å². The molecule has 6 heteroatoms. The second kappa shape index (κ2) is 11.0. The minimum atomic E-state index is 0.713. The van der Waals surface area contributed by atoms with Gasteiger partial charge in [-0.2, -0.15) is 0 Å². The highest BCUT2D eigenvalue weighted by molar-refractivity contribution is 5.79. The van der Waals surface area contributed by atoms with Gasteiger partial charge in [0.05, 0.1) is 26.4 Å². The minimum absolute atomic E-state index is 0.713. The number of nitrogens with one attached hydrogen (secondary N) is 2. The molecule has 1 aliphatic rings. The zero-order valence-electron chi connectivity index (χ0n) is 12.3. The number of rotatable bonds is 8. The van der Waals surface area contributed by atoms with E-state index in [1.165, 1.54) is 0 Å². The Balaban J connectivity index is 2.18. The van der Waals surface area contributed by atoms with E-state index in [0.717, 1.165) is 65.0 Å². The van der Waals surface area contributed by atoms with Gasteiger partial charge in [0, 0.05) is 39.3 Å². The molecule has 0 aromatic heterocycles. The Labute approximate surface area is 116 Å². The van der Waals surface area contributed by atoms with Crippen LogP contribution in [0.4, 0.5) is 0 Å². The van der Waals surface area contributed by atoms with Gasteiger partial charge in [-0.3, -0.25) is 9.89 Å². The first-order valence-corrected chi connectivity index (χ1v) is 7.26. The maximum atomic E-state index is 5.33. The molecule has 0 atom stereocenters. The molecule has 0 aromatic carbocycles. The van der Waals surface area contributed by atoms with Crippen LogP contribution in [0.15, 0.2) is 4.99 Å². The van der Waals surface area contributed by atoms with Gasteiger partial charge >= 0.3 is 0 Å². The molecular formula is C13H28N4O2. The number of guanidine groups is 1. The van der Waals surface area contributed by atoms with Crippen LogP contribution >= 0.6 is 0 Å². The van der Waals surface area contributed by atoms with Crippen molar-refractivity contribution in [2.45, 2.75) is 13.8 Å². The summed E-state index contributed by atoms with van der Waals surface area (Å²) in [6.45, 7) is 12.7. The van der Waals surface area contributed by atoms with Gasteiger partial charge in [0.15, 0.2) is 5.96 Å². The van der Waals surface area contributed by atoms with E-state index >= 15 is 0 Å². The third kappa shape index (κ3) is 8.02. The van der Waals surface area contributed by atoms with Crippen molar-refractivity contribution in [1.82, 2.24) is 15.5 Å². The van der Waals surface area contributed by atoms with Crippen LogP contribution in [0.25, 0.3) is 0 Å². The Morgan fingerprint density at radius 2 is 2.05 bits per heavy atom. The Hall–Kier alpha value is -0.850. The summed E-state index contributed by atoms with van der Waals surface area (Å²) in [6, 6.07) is 0. The average molecular weight is 272 g/mol. The maximum absolute atomic E-state index is 5.33. The van der Waals surface area contributed by atoms with Crippen molar-refractivity contribution in [3.05, 3.63) is 0 Å². The van der Waals surface area contributed by atoms with Gasteiger partial charge in [-0.25, -0.2) is 0 Å². The standard InChI is InChI=1S/C13H28N4O2/c1-3-14-13(16-6-10-18-4-2)15-5-7-17-8-11-19-12-9-17/h3-12H2,1-2H3,(H2,14,15,16). The van der Waals surface area contributed by atoms with E-state index in [1.54, 1.807) is 0 Å². The van der Waals surface area contributed by atoms with Crippen molar-refractivity contribution in [1.29, 1.82) is 0 Å². The second-order valence-corrected chi connectivity index (χ2v) is 4.34. The molecule has 19 heavy (non-hydrogen) atoms. The lowest BCUT2D eigenvalue weighted by molar-refractivity contribution is 0.0394. The topological polar surface area (TPSA) is 58.1 Å². The third-order valence-corrected chi connectivity index (χ3v) is 2.88. The summed E-state index contributed by atoms with van der Waals surface area (Å²) < 4.78 is 10.6. The average Bonchev–Trinajstić information content (AvgIpc) is 2.44. The Bertz CT molecular complexity index is 243. The highest BCUT2D eigenvalue weighted by Crippen LogP contribution is 1.95. The largest absolute Gasteiger partial charge is 0.380 e. The van der Waals surface area contributed by atoms with Crippen LogP contribution in [0.3, 0.4) is 0 Å². The Morgan fingerprint density at radius 3 is 2.74 bits per heavy atom. The summed E-state index contributed by atoms with van der Waals surface area (Å²) in [5.41, 5.74) is 0. The number of hydrogen-bond acceptors (Lipinski definition) is 4. The molecule has 1 aliphatic heterocycles. The Kier molecular flexibility index (Phi) is 9.40. The first-order valence-electron chi connectivity index (χ1n) is 7.26. The molecule has 0 radical (unpaired) electrons. The van der Waals surface area contributed by atoms with Crippen molar-refractivity contribution in [2.24, 2.45) is 4.99 Å². The van der Waals surface area contributed by atoms with Gasteiger partial charge in [-0.15, -0.1) is 0 Å². The monoisotopic (exact) mass is 272 g/mol. The van der Waals surface area contributed by atoms with E-state index in [2.05, 4.69) is 27.4 Å². The van der Waals surface area contributed by atoms with Crippen molar-refractivity contribution in [3.8, 4) is 0 Å². The van der Waals surface area contributed by atoms with Crippen LogP contribution in [0, 0.1) is 0 Å². The first-order chi connectivity index (χ1) is 9.36. The summed E-state index contributed by atoms with van der Waals surface area (Å²) in [7, 11) is 0. The van der Waals surface area contributed by atoms with Crippen LogP contribution in [-0.2, 0) is 9.47 Å². The molecule has 2 N–H and O–H groups in total. The summed E-state index contributed by atoms with van der Waals surface area (Å²) in [5, 5.41) is 6.50. The highest BCUT2D eigenvalue weighted by Gasteiger charge is 2.09. The summed E-state index contributed by atoms with van der Waals surface area (Å²) in [4.78, 5) is 6.95. The van der Waals surface area contributed by atoms with E-state index in [0.29, 0.717) is 6.61 Å². The zero-order chi connectivity index (χ0) is 13.8. The van der Waals surface area contributed by atoms with Gasteiger partial charge in [0.2, 0.25) is 0 Å². The van der Waals surface area contributed by atoms with Gasteiger partial charge in [-0.05, 0) is 13.8 Å². The summed E-state index contributed by atoms with van der Waals surface area (Å²) in [5.74, 6) is 0.871. The van der Waals surface area contributed by atoms with Gasteiger partial charge in [0.25, 0.3) is 0 Å². The molecule has 1 saturated heterocycles. The lowest BCUT2D eigenvalue weighted by Gasteiger charge is -2.25. The molecule has 6 nitrogen and oxygen atoms in total. The van der Waals surface area contributed by atoms with E-state index in [-0.39, 0.29) is 0 Å². The van der Waals surface area contributed by atoms with Gasteiger partial charge in [0.1, 0.15) is 0 Å². The van der Waals surface area contributed by atoms with Crippen LogP contribution in [0.5, 0.6) is 0 Å². The molecule has 1 fully saturated rings. The molecule has 0 bridgehead atoms.